The third-order valence-corrected chi connectivity index (χ3v) is 4.37. The normalized spacial score (nSPS) is 20.7. The number of halogens is 1. The van der Waals surface area contributed by atoms with E-state index < -0.39 is 0 Å². The molecule has 0 bridgehead atoms. The summed E-state index contributed by atoms with van der Waals surface area (Å²) in [7, 11) is 0. The average Bonchev–Trinajstić information content (AvgIpc) is 2.48. The highest BCUT2D eigenvalue weighted by atomic mass is 35.5. The van der Waals surface area contributed by atoms with Crippen LogP contribution < -0.4 is 5.32 Å². The molecular formula is C17H27ClN2O. The highest BCUT2D eigenvalue weighted by Gasteiger charge is 2.23. The molecule has 4 heteroatoms. The maximum Gasteiger partial charge on any atom is 0.0494 e. The summed E-state index contributed by atoms with van der Waals surface area (Å²) in [5.41, 5.74) is 1.27. The van der Waals surface area contributed by atoms with Crippen molar-refractivity contribution >= 4 is 11.6 Å². The van der Waals surface area contributed by atoms with E-state index in [4.69, 9.17) is 11.6 Å². The number of aliphatic hydroxyl groups excluding tert-OH is 1. The van der Waals surface area contributed by atoms with Crippen LogP contribution in [0.25, 0.3) is 0 Å². The zero-order valence-electron chi connectivity index (χ0n) is 13.1. The van der Waals surface area contributed by atoms with Gasteiger partial charge in [0, 0.05) is 42.7 Å². The molecule has 0 saturated carbocycles. The number of nitrogens with zero attached hydrogens (tertiary/aromatic N) is 1. The predicted molar refractivity (Wildman–Crippen MR) is 88.6 cm³/mol. The molecule has 0 spiro atoms. The molecule has 21 heavy (non-hydrogen) atoms. The summed E-state index contributed by atoms with van der Waals surface area (Å²) in [5, 5.41) is 13.7. The van der Waals surface area contributed by atoms with Crippen LogP contribution in [-0.2, 0) is 6.54 Å². The summed E-state index contributed by atoms with van der Waals surface area (Å²) < 4.78 is 0. The van der Waals surface area contributed by atoms with Crippen LogP contribution >= 0.6 is 11.6 Å². The van der Waals surface area contributed by atoms with Crippen molar-refractivity contribution in [1.82, 2.24) is 10.2 Å². The van der Waals surface area contributed by atoms with Gasteiger partial charge < -0.3 is 10.4 Å². The smallest absolute Gasteiger partial charge is 0.0494 e. The summed E-state index contributed by atoms with van der Waals surface area (Å²) in [6.07, 6.45) is 2.45. The molecule has 1 atom stereocenters. The van der Waals surface area contributed by atoms with Gasteiger partial charge in [0.1, 0.15) is 0 Å². The van der Waals surface area contributed by atoms with E-state index in [2.05, 4.69) is 36.2 Å². The van der Waals surface area contributed by atoms with E-state index in [1.165, 1.54) is 18.4 Å². The Morgan fingerprint density at radius 1 is 1.33 bits per heavy atom. The third kappa shape index (κ3) is 5.59. The highest BCUT2D eigenvalue weighted by Crippen LogP contribution is 2.17. The molecule has 1 aliphatic heterocycles. The van der Waals surface area contributed by atoms with Gasteiger partial charge in [-0.3, -0.25) is 4.90 Å². The number of rotatable bonds is 6. The van der Waals surface area contributed by atoms with Crippen LogP contribution in [0.4, 0.5) is 0 Å². The summed E-state index contributed by atoms with van der Waals surface area (Å²) in [6.45, 7) is 8.49. The van der Waals surface area contributed by atoms with Gasteiger partial charge in [-0.25, -0.2) is 0 Å². The molecule has 0 aliphatic carbocycles. The van der Waals surface area contributed by atoms with Gasteiger partial charge in [0.05, 0.1) is 0 Å². The zero-order valence-corrected chi connectivity index (χ0v) is 13.9. The minimum atomic E-state index is -0.0432. The first-order chi connectivity index (χ1) is 9.98. The molecule has 0 aromatic heterocycles. The zero-order chi connectivity index (χ0) is 15.3. The molecule has 118 valence electrons. The second-order valence-corrected chi connectivity index (χ2v) is 7.34. The Hall–Kier alpha value is -0.610. The van der Waals surface area contributed by atoms with Gasteiger partial charge >= 0.3 is 0 Å². The maximum atomic E-state index is 9.33. The standard InChI is InChI=1S/C17H27ClN2O/c1-17(2,13-21)12-19-16-4-3-9-20(11-16)10-14-5-7-15(18)8-6-14/h5-8,16,19,21H,3-4,9-13H2,1-2H3. The lowest BCUT2D eigenvalue weighted by Gasteiger charge is -2.35. The molecule has 0 amide bonds. The van der Waals surface area contributed by atoms with Crippen LogP contribution in [0.2, 0.25) is 5.02 Å². The average molecular weight is 311 g/mol. The molecule has 3 nitrogen and oxygen atoms in total. The molecule has 1 saturated heterocycles. The Kier molecular flexibility index (Phi) is 6.06. The van der Waals surface area contributed by atoms with Crippen LogP contribution in [0, 0.1) is 5.41 Å². The Bertz CT molecular complexity index is 433. The molecule has 1 aromatic carbocycles. The van der Waals surface area contributed by atoms with Crippen LogP contribution in [0.1, 0.15) is 32.3 Å². The fourth-order valence-corrected chi connectivity index (χ4v) is 2.82. The number of hydrogen-bond acceptors (Lipinski definition) is 3. The van der Waals surface area contributed by atoms with Crippen molar-refractivity contribution in [2.75, 3.05) is 26.2 Å². The molecule has 1 aromatic rings. The van der Waals surface area contributed by atoms with Crippen molar-refractivity contribution in [2.24, 2.45) is 5.41 Å². The van der Waals surface area contributed by atoms with Crippen LogP contribution in [-0.4, -0.2) is 42.3 Å². The summed E-state index contributed by atoms with van der Waals surface area (Å²) >= 11 is 5.93. The Morgan fingerprint density at radius 3 is 2.71 bits per heavy atom. The molecule has 1 fully saturated rings. The number of hydrogen-bond donors (Lipinski definition) is 2. The van der Waals surface area contributed by atoms with Crippen molar-refractivity contribution in [3.63, 3.8) is 0 Å². The maximum absolute atomic E-state index is 9.33. The van der Waals surface area contributed by atoms with Crippen molar-refractivity contribution < 1.29 is 5.11 Å². The third-order valence-electron chi connectivity index (χ3n) is 4.12. The van der Waals surface area contributed by atoms with Gasteiger partial charge in [0.25, 0.3) is 0 Å². The van der Waals surface area contributed by atoms with Crippen molar-refractivity contribution in [3.8, 4) is 0 Å². The number of piperidine rings is 1. The fourth-order valence-electron chi connectivity index (χ4n) is 2.69. The van der Waals surface area contributed by atoms with E-state index in [-0.39, 0.29) is 12.0 Å². The van der Waals surface area contributed by atoms with Gasteiger partial charge in [-0.2, -0.15) is 0 Å². The summed E-state index contributed by atoms with van der Waals surface area (Å²) in [4.78, 5) is 2.50. The molecule has 1 aliphatic rings. The van der Waals surface area contributed by atoms with E-state index in [0.717, 1.165) is 31.2 Å². The lowest BCUT2D eigenvalue weighted by molar-refractivity contribution is 0.135. The first-order valence-corrected chi connectivity index (χ1v) is 8.17. The molecule has 2 N–H and O–H groups in total. The monoisotopic (exact) mass is 310 g/mol. The second kappa shape index (κ2) is 7.59. The Balaban J connectivity index is 1.81. The van der Waals surface area contributed by atoms with Crippen LogP contribution in [0.3, 0.4) is 0 Å². The lowest BCUT2D eigenvalue weighted by atomic mass is 9.94. The van der Waals surface area contributed by atoms with Gasteiger partial charge in [-0.1, -0.05) is 37.6 Å². The van der Waals surface area contributed by atoms with E-state index in [0.29, 0.717) is 6.04 Å². The Labute approximate surface area is 133 Å². The number of benzene rings is 1. The van der Waals surface area contributed by atoms with Crippen molar-refractivity contribution in [2.45, 2.75) is 39.3 Å². The van der Waals surface area contributed by atoms with E-state index >= 15 is 0 Å². The highest BCUT2D eigenvalue weighted by molar-refractivity contribution is 6.30. The number of nitrogens with one attached hydrogen (secondary N) is 1. The van der Waals surface area contributed by atoms with Crippen molar-refractivity contribution in [1.29, 1.82) is 0 Å². The lowest BCUT2D eigenvalue weighted by Crippen LogP contribution is -2.48. The fraction of sp³-hybridized carbons (Fsp3) is 0.647. The predicted octanol–water partition coefficient (Wildman–Crippen LogP) is 2.91. The SMILES string of the molecule is CC(C)(CO)CNC1CCCN(Cc2ccc(Cl)cc2)C1. The topological polar surface area (TPSA) is 35.5 Å². The van der Waals surface area contributed by atoms with E-state index in [1.807, 2.05) is 12.1 Å². The van der Waals surface area contributed by atoms with Crippen molar-refractivity contribution in [3.05, 3.63) is 34.9 Å². The largest absolute Gasteiger partial charge is 0.396 e. The molecule has 2 rings (SSSR count). The molecule has 0 radical (unpaired) electrons. The first kappa shape index (κ1) is 16.8. The van der Waals surface area contributed by atoms with Gasteiger partial charge in [0.15, 0.2) is 0 Å². The van der Waals surface area contributed by atoms with Gasteiger partial charge in [-0.05, 0) is 37.1 Å². The minimum Gasteiger partial charge on any atom is -0.396 e. The first-order valence-electron chi connectivity index (χ1n) is 7.79. The number of likely N-dealkylation sites (tertiary alicyclic amines) is 1. The van der Waals surface area contributed by atoms with E-state index in [9.17, 15) is 5.11 Å². The Morgan fingerprint density at radius 2 is 2.05 bits per heavy atom. The van der Waals surface area contributed by atoms with Crippen LogP contribution in [0.5, 0.6) is 0 Å². The number of aliphatic hydroxyl groups is 1. The molecule has 1 heterocycles. The molecule has 1 unspecified atom stereocenters. The summed E-state index contributed by atoms with van der Waals surface area (Å²) in [6, 6.07) is 8.65. The second-order valence-electron chi connectivity index (χ2n) is 6.90. The van der Waals surface area contributed by atoms with Gasteiger partial charge in [0.2, 0.25) is 0 Å². The van der Waals surface area contributed by atoms with Crippen LogP contribution in [0.15, 0.2) is 24.3 Å². The summed E-state index contributed by atoms with van der Waals surface area (Å²) in [5.74, 6) is 0. The molecular weight excluding hydrogens is 284 g/mol. The van der Waals surface area contributed by atoms with Gasteiger partial charge in [-0.15, -0.1) is 0 Å². The quantitative estimate of drug-likeness (QED) is 0.848. The van der Waals surface area contributed by atoms with E-state index in [1.54, 1.807) is 0 Å². The minimum absolute atomic E-state index is 0.0432.